The summed E-state index contributed by atoms with van der Waals surface area (Å²) in [6, 6.07) is 0. The van der Waals surface area contributed by atoms with Gasteiger partial charge in [0.05, 0.1) is 5.92 Å². The number of rotatable bonds is 35. The fourth-order valence-corrected chi connectivity index (χ4v) is 5.91. The van der Waals surface area contributed by atoms with Crippen molar-refractivity contribution in [3.63, 3.8) is 0 Å². The standard InChI is InChI=1S/C41H74O4/c1-3-5-7-8-9-10-11-12-13-17-20-23-26-29-33-37-40(43)45-41(44)39(35-31-6-4-2)36-32-28-25-22-19-16-14-15-18-21-24-27-30-34-38-42/h9-10,12-13,38-39H,3-8,11,14-37H2,1-2H3. The van der Waals surface area contributed by atoms with E-state index in [1.54, 1.807) is 0 Å². The molecule has 0 aromatic heterocycles. The predicted octanol–water partition coefficient (Wildman–Crippen LogP) is 13.1. The van der Waals surface area contributed by atoms with Gasteiger partial charge in [0.15, 0.2) is 0 Å². The van der Waals surface area contributed by atoms with Gasteiger partial charge in [-0.25, -0.2) is 0 Å². The highest BCUT2D eigenvalue weighted by molar-refractivity contribution is 5.86. The van der Waals surface area contributed by atoms with Crippen LogP contribution in [0.2, 0.25) is 0 Å². The highest BCUT2D eigenvalue weighted by atomic mass is 16.6. The molecule has 262 valence electrons. The molecule has 0 rings (SSSR count). The van der Waals surface area contributed by atoms with E-state index in [-0.39, 0.29) is 17.9 Å². The lowest BCUT2D eigenvalue weighted by Crippen LogP contribution is -2.21. The van der Waals surface area contributed by atoms with Crippen molar-refractivity contribution in [2.24, 2.45) is 5.92 Å². The Labute approximate surface area is 280 Å². The maximum atomic E-state index is 12.8. The van der Waals surface area contributed by atoms with Crippen molar-refractivity contribution in [1.29, 1.82) is 0 Å². The Morgan fingerprint density at radius 3 is 1.40 bits per heavy atom. The molecule has 0 amide bonds. The highest BCUT2D eigenvalue weighted by Gasteiger charge is 2.22. The second-order valence-electron chi connectivity index (χ2n) is 13.3. The van der Waals surface area contributed by atoms with Crippen molar-refractivity contribution >= 4 is 18.2 Å². The average Bonchev–Trinajstić information content (AvgIpc) is 3.03. The molecule has 0 aliphatic carbocycles. The molecular formula is C41H74O4. The van der Waals surface area contributed by atoms with Crippen molar-refractivity contribution < 1.29 is 19.1 Å². The molecule has 0 aliphatic heterocycles. The summed E-state index contributed by atoms with van der Waals surface area (Å²) in [4.78, 5) is 35.5. The zero-order valence-corrected chi connectivity index (χ0v) is 30.0. The van der Waals surface area contributed by atoms with Crippen molar-refractivity contribution in [2.75, 3.05) is 0 Å². The van der Waals surface area contributed by atoms with Gasteiger partial charge in [-0.3, -0.25) is 9.59 Å². The lowest BCUT2D eigenvalue weighted by Gasteiger charge is -2.15. The molecule has 0 aromatic carbocycles. The van der Waals surface area contributed by atoms with Crippen LogP contribution in [0, 0.1) is 5.92 Å². The van der Waals surface area contributed by atoms with Gasteiger partial charge in [-0.2, -0.15) is 0 Å². The van der Waals surface area contributed by atoms with Gasteiger partial charge in [0.1, 0.15) is 6.29 Å². The van der Waals surface area contributed by atoms with E-state index in [1.165, 1.54) is 103 Å². The van der Waals surface area contributed by atoms with Gasteiger partial charge < -0.3 is 9.53 Å². The summed E-state index contributed by atoms with van der Waals surface area (Å²) in [6.07, 6.45) is 45.1. The van der Waals surface area contributed by atoms with Gasteiger partial charge in [-0.15, -0.1) is 0 Å². The fraction of sp³-hybridized carbons (Fsp3) is 0.829. The molecule has 1 unspecified atom stereocenters. The Bertz CT molecular complexity index is 710. The molecule has 0 spiro atoms. The SMILES string of the molecule is CCCCCC=CCC=CCCCCCCCC(=O)OC(=O)C(CCCCC)CCCCCCCCCCCCCCCC=O. The number of esters is 2. The molecule has 0 aromatic rings. The number of aldehydes is 1. The Kier molecular flexibility index (Phi) is 35.4. The van der Waals surface area contributed by atoms with Gasteiger partial charge >= 0.3 is 11.9 Å². The second kappa shape index (κ2) is 36.8. The van der Waals surface area contributed by atoms with Crippen LogP contribution in [-0.4, -0.2) is 18.2 Å². The minimum absolute atomic E-state index is 0.122. The van der Waals surface area contributed by atoms with Crippen LogP contribution in [0.15, 0.2) is 24.3 Å². The first kappa shape index (κ1) is 43.3. The molecule has 0 heterocycles. The molecule has 0 fully saturated rings. The highest BCUT2D eigenvalue weighted by Crippen LogP contribution is 2.21. The summed E-state index contributed by atoms with van der Waals surface area (Å²) in [7, 11) is 0. The molecule has 0 saturated heterocycles. The Hall–Kier alpha value is -1.71. The Morgan fingerprint density at radius 2 is 0.889 bits per heavy atom. The molecule has 0 saturated carbocycles. The lowest BCUT2D eigenvalue weighted by molar-refractivity contribution is -0.163. The summed E-state index contributed by atoms with van der Waals surface area (Å²) in [5.41, 5.74) is 0. The Balaban J connectivity index is 3.88. The molecule has 0 bridgehead atoms. The van der Waals surface area contributed by atoms with Crippen LogP contribution >= 0.6 is 0 Å². The molecule has 1 atom stereocenters. The van der Waals surface area contributed by atoms with E-state index >= 15 is 0 Å². The molecule has 4 nitrogen and oxygen atoms in total. The molecule has 45 heavy (non-hydrogen) atoms. The van der Waals surface area contributed by atoms with E-state index in [0.29, 0.717) is 6.42 Å². The lowest BCUT2D eigenvalue weighted by atomic mass is 9.94. The van der Waals surface area contributed by atoms with Crippen molar-refractivity contribution in [3.8, 4) is 0 Å². The van der Waals surface area contributed by atoms with Crippen LogP contribution in [0.4, 0.5) is 0 Å². The molecule has 0 radical (unpaired) electrons. The maximum absolute atomic E-state index is 12.8. The monoisotopic (exact) mass is 631 g/mol. The van der Waals surface area contributed by atoms with Crippen LogP contribution < -0.4 is 0 Å². The maximum Gasteiger partial charge on any atom is 0.316 e. The zero-order valence-electron chi connectivity index (χ0n) is 30.0. The summed E-state index contributed by atoms with van der Waals surface area (Å²) in [5.74, 6) is -0.727. The smallest absolute Gasteiger partial charge is 0.316 e. The van der Waals surface area contributed by atoms with Crippen molar-refractivity contribution in [3.05, 3.63) is 24.3 Å². The van der Waals surface area contributed by atoms with Gasteiger partial charge in [0.2, 0.25) is 0 Å². The topological polar surface area (TPSA) is 60.4 Å². The molecule has 0 N–H and O–H groups in total. The van der Waals surface area contributed by atoms with Crippen LogP contribution in [0.25, 0.3) is 0 Å². The van der Waals surface area contributed by atoms with E-state index in [0.717, 1.165) is 96.2 Å². The van der Waals surface area contributed by atoms with Crippen molar-refractivity contribution in [2.45, 2.75) is 213 Å². The van der Waals surface area contributed by atoms with E-state index in [2.05, 4.69) is 38.2 Å². The molecular weight excluding hydrogens is 556 g/mol. The average molecular weight is 631 g/mol. The van der Waals surface area contributed by atoms with Crippen LogP contribution in [0.5, 0.6) is 0 Å². The largest absolute Gasteiger partial charge is 0.393 e. The van der Waals surface area contributed by atoms with Gasteiger partial charge in [-0.1, -0.05) is 167 Å². The normalized spacial score (nSPS) is 12.3. The quantitative estimate of drug-likeness (QED) is 0.0230. The van der Waals surface area contributed by atoms with Crippen LogP contribution in [0.1, 0.15) is 213 Å². The summed E-state index contributed by atoms with van der Waals surface area (Å²) in [6.45, 7) is 4.42. The summed E-state index contributed by atoms with van der Waals surface area (Å²) < 4.78 is 5.33. The van der Waals surface area contributed by atoms with Crippen LogP contribution in [0.3, 0.4) is 0 Å². The second-order valence-corrected chi connectivity index (χ2v) is 13.3. The number of allylic oxidation sites excluding steroid dienone is 4. The number of ether oxygens (including phenoxy) is 1. The number of hydrogen-bond acceptors (Lipinski definition) is 4. The van der Waals surface area contributed by atoms with E-state index < -0.39 is 0 Å². The third-order valence-electron chi connectivity index (χ3n) is 8.91. The molecule has 0 aliphatic rings. The minimum atomic E-state index is -0.330. The Morgan fingerprint density at radius 1 is 0.489 bits per heavy atom. The van der Waals surface area contributed by atoms with E-state index in [9.17, 15) is 14.4 Å². The number of carbonyl (C=O) groups is 3. The minimum Gasteiger partial charge on any atom is -0.393 e. The summed E-state index contributed by atoms with van der Waals surface area (Å²) >= 11 is 0. The predicted molar refractivity (Wildman–Crippen MR) is 193 cm³/mol. The van der Waals surface area contributed by atoms with Gasteiger partial charge in [-0.05, 0) is 57.8 Å². The first-order chi connectivity index (χ1) is 22.2. The fourth-order valence-electron chi connectivity index (χ4n) is 5.91. The zero-order chi connectivity index (χ0) is 32.9. The van der Waals surface area contributed by atoms with Gasteiger partial charge in [0.25, 0.3) is 0 Å². The van der Waals surface area contributed by atoms with Gasteiger partial charge in [0, 0.05) is 12.8 Å². The number of carbonyl (C=O) groups excluding carboxylic acids is 3. The first-order valence-electron chi connectivity index (χ1n) is 19.6. The first-order valence-corrected chi connectivity index (χ1v) is 19.6. The van der Waals surface area contributed by atoms with Crippen molar-refractivity contribution in [1.82, 2.24) is 0 Å². The van der Waals surface area contributed by atoms with E-state index in [1.807, 2.05) is 0 Å². The number of unbranched alkanes of at least 4 members (excludes halogenated alkanes) is 23. The van der Waals surface area contributed by atoms with Crippen LogP contribution in [-0.2, 0) is 19.1 Å². The summed E-state index contributed by atoms with van der Waals surface area (Å²) in [5, 5.41) is 0. The molecule has 4 heteroatoms. The number of hydrogen-bond donors (Lipinski definition) is 0. The third kappa shape index (κ3) is 33.5. The third-order valence-corrected chi connectivity index (χ3v) is 8.91. The van der Waals surface area contributed by atoms with E-state index in [4.69, 9.17) is 4.74 Å².